The molecule has 3 unspecified atom stereocenters. The highest BCUT2D eigenvalue weighted by atomic mass is 16.5. The second-order valence-corrected chi connectivity index (χ2v) is 27.1. The van der Waals surface area contributed by atoms with Gasteiger partial charge in [0.2, 0.25) is 0 Å². The first-order valence-corrected chi connectivity index (χ1v) is 35.1. The Hall–Kier alpha value is -10.5. The van der Waals surface area contributed by atoms with Gasteiger partial charge in [-0.1, -0.05) is 295 Å². The molecule has 0 saturated heterocycles. The third-order valence-corrected chi connectivity index (χ3v) is 21.6. The number of hydrogen-bond acceptors (Lipinski definition) is 2. The van der Waals surface area contributed by atoms with Crippen molar-refractivity contribution < 1.29 is 4.74 Å². The lowest BCUT2D eigenvalue weighted by Gasteiger charge is -2.36. The Morgan fingerprint density at radius 2 is 0.802 bits per heavy atom. The van der Waals surface area contributed by atoms with E-state index in [1.54, 1.807) is 0 Å². The van der Waals surface area contributed by atoms with Crippen molar-refractivity contribution in [3.8, 4) is 56.0 Å². The van der Waals surface area contributed by atoms with E-state index in [0.29, 0.717) is 11.8 Å². The third-order valence-electron chi connectivity index (χ3n) is 21.6. The molecule has 3 aliphatic carbocycles. The maximum atomic E-state index is 6.82. The number of hydrogen-bond donors (Lipinski definition) is 0. The summed E-state index contributed by atoms with van der Waals surface area (Å²) in [6.07, 6.45) is 10.6. The second kappa shape index (κ2) is 26.0. The zero-order valence-electron chi connectivity index (χ0n) is 55.4. The largest absolute Gasteiger partial charge is 0.457 e. The summed E-state index contributed by atoms with van der Waals surface area (Å²) in [6.45, 7) is 7.00. The van der Waals surface area contributed by atoms with Crippen LogP contribution in [0.3, 0.4) is 0 Å². The molecule has 3 atom stereocenters. The van der Waals surface area contributed by atoms with Crippen LogP contribution >= 0.6 is 0 Å². The topological polar surface area (TPSA) is 12.5 Å². The molecule has 0 fully saturated rings. The van der Waals surface area contributed by atoms with Gasteiger partial charge < -0.3 is 9.64 Å². The zero-order chi connectivity index (χ0) is 64.6. The van der Waals surface area contributed by atoms with Crippen LogP contribution in [0.1, 0.15) is 143 Å². The Morgan fingerprint density at radius 3 is 1.34 bits per heavy atom. The maximum absolute atomic E-state index is 6.82. The molecule has 13 aromatic carbocycles. The number of nitrogens with zero attached hydrogens (tertiary/aromatic N) is 1. The molecule has 2 heteroatoms. The van der Waals surface area contributed by atoms with Crippen LogP contribution in [0.25, 0.3) is 44.5 Å². The Morgan fingerprint density at radius 1 is 0.354 bits per heavy atom. The third kappa shape index (κ3) is 10.8. The number of aryl methyl sites for hydroxylation is 3. The van der Waals surface area contributed by atoms with Crippen molar-refractivity contribution in [1.82, 2.24) is 0 Å². The number of fused-ring (bicyclic) bond motifs is 7. The van der Waals surface area contributed by atoms with Gasteiger partial charge in [-0.05, 0) is 228 Å². The standard InChI is InChI=1S/C94H81NO/c1-4-6-7-11-22-66-33-47-78(48-34-66)94(79-49-57-84(58-50-79)96-83-55-45-68(46-56-83)65(3)61-67(5-2)70-35-37-72(38-36-70)74-41-39-73-40-42-75(73)62-74)90-32-21-19-30-86(90)88-60-54-82(64-92(88)94)95(80-51-43-71(44-52-80)69-23-12-8-13-24-69)81-53-59-87-85-29-18-20-31-89(85)93(91(87)63-81,76-25-14-9-15-26-76)77-27-16-10-17-28-77/h8-10,12-21,23-39,41,43-60,62-65,67H,4-7,11,22,40,42,61H2,1-3H3. The molecule has 0 heterocycles. The lowest BCUT2D eigenvalue weighted by molar-refractivity contribution is 0.481. The van der Waals surface area contributed by atoms with Gasteiger partial charge in [-0.25, -0.2) is 0 Å². The SMILES string of the molecule is CCCCCCc1ccc(C2(c3ccc(Oc4ccc(C(C)CC(CC)c5ccc(-c6ccc7c(c6)CC7)cc5)cc4)cc3)c3ccccc3-c3ccc(N(c4ccc(-c5ccccc5)cc4)c4ccc5c(c4)C(c4ccccc4)(c4ccccc4)c4ccccc4-5)cc32)cc1. The molecule has 0 aromatic heterocycles. The number of ether oxygens (including phenoxy) is 1. The second-order valence-electron chi connectivity index (χ2n) is 27.1. The minimum Gasteiger partial charge on any atom is -0.457 e. The van der Waals surface area contributed by atoms with Gasteiger partial charge >= 0.3 is 0 Å². The molecule has 13 aromatic rings. The molecule has 468 valence electrons. The summed E-state index contributed by atoms with van der Waals surface area (Å²) in [7, 11) is 0. The lowest BCUT2D eigenvalue weighted by Crippen LogP contribution is -2.29. The van der Waals surface area contributed by atoms with Crippen molar-refractivity contribution in [2.75, 3.05) is 4.90 Å². The van der Waals surface area contributed by atoms with E-state index < -0.39 is 10.8 Å². The molecular weight excluding hydrogens is 1160 g/mol. The summed E-state index contributed by atoms with van der Waals surface area (Å²) in [5.74, 6) is 2.50. The van der Waals surface area contributed by atoms with Crippen LogP contribution in [0, 0.1) is 0 Å². The molecular formula is C94H81NO. The van der Waals surface area contributed by atoms with Gasteiger partial charge in [-0.15, -0.1) is 0 Å². The first-order chi connectivity index (χ1) is 47.4. The highest BCUT2D eigenvalue weighted by Crippen LogP contribution is 2.60. The summed E-state index contributed by atoms with van der Waals surface area (Å²) in [5.41, 5.74) is 29.2. The normalized spacial score (nSPS) is 15.1. The van der Waals surface area contributed by atoms with Gasteiger partial charge in [0, 0.05) is 17.1 Å². The molecule has 0 aliphatic heterocycles. The van der Waals surface area contributed by atoms with Gasteiger partial charge in [-0.3, -0.25) is 0 Å². The summed E-state index contributed by atoms with van der Waals surface area (Å²) < 4.78 is 6.82. The zero-order valence-corrected chi connectivity index (χ0v) is 55.4. The summed E-state index contributed by atoms with van der Waals surface area (Å²) in [6, 6.07) is 119. The van der Waals surface area contributed by atoms with Crippen molar-refractivity contribution >= 4 is 17.1 Å². The molecule has 0 amide bonds. The minimum atomic E-state index is -0.683. The molecule has 0 saturated carbocycles. The fourth-order valence-corrected chi connectivity index (χ4v) is 16.5. The Labute approximate surface area is 568 Å². The van der Waals surface area contributed by atoms with E-state index >= 15 is 0 Å². The maximum Gasteiger partial charge on any atom is 0.127 e. The van der Waals surface area contributed by atoms with Gasteiger partial charge in [-0.2, -0.15) is 0 Å². The summed E-state index contributed by atoms with van der Waals surface area (Å²) in [5, 5.41) is 0. The highest BCUT2D eigenvalue weighted by molar-refractivity contribution is 5.92. The van der Waals surface area contributed by atoms with Crippen LogP contribution in [-0.2, 0) is 30.1 Å². The molecule has 0 radical (unpaired) electrons. The van der Waals surface area contributed by atoms with E-state index in [1.807, 2.05) is 0 Å². The monoisotopic (exact) mass is 1240 g/mol. The van der Waals surface area contributed by atoms with Crippen LogP contribution in [0.2, 0.25) is 0 Å². The smallest absolute Gasteiger partial charge is 0.127 e. The van der Waals surface area contributed by atoms with Gasteiger partial charge in [0.15, 0.2) is 0 Å². The molecule has 2 nitrogen and oxygen atoms in total. The average molecular weight is 1240 g/mol. The number of rotatable bonds is 21. The van der Waals surface area contributed by atoms with Crippen molar-refractivity contribution in [3.63, 3.8) is 0 Å². The van der Waals surface area contributed by atoms with Crippen LogP contribution in [-0.4, -0.2) is 0 Å². The van der Waals surface area contributed by atoms with E-state index in [9.17, 15) is 0 Å². The predicted molar refractivity (Wildman–Crippen MR) is 401 cm³/mol. The van der Waals surface area contributed by atoms with Crippen molar-refractivity contribution in [2.45, 2.75) is 101 Å². The Bertz CT molecular complexity index is 4840. The van der Waals surface area contributed by atoms with Crippen molar-refractivity contribution in [1.29, 1.82) is 0 Å². The lowest BCUT2D eigenvalue weighted by atomic mass is 9.67. The fraction of sp³-hybridized carbons (Fsp3) is 0.170. The Balaban J connectivity index is 0.779. The van der Waals surface area contributed by atoms with Crippen molar-refractivity contribution in [2.24, 2.45) is 0 Å². The summed E-state index contributed by atoms with van der Waals surface area (Å²) >= 11 is 0. The van der Waals surface area contributed by atoms with E-state index in [2.05, 4.69) is 341 Å². The van der Waals surface area contributed by atoms with Gasteiger partial charge in [0.25, 0.3) is 0 Å². The van der Waals surface area contributed by atoms with Gasteiger partial charge in [0.05, 0.1) is 10.8 Å². The fourth-order valence-electron chi connectivity index (χ4n) is 16.5. The quantitative estimate of drug-likeness (QED) is 0.0665. The molecule has 0 bridgehead atoms. The number of benzene rings is 13. The van der Waals surface area contributed by atoms with Crippen LogP contribution in [0.15, 0.2) is 315 Å². The predicted octanol–water partition coefficient (Wildman–Crippen LogP) is 24.9. The minimum absolute atomic E-state index is 0.386. The van der Waals surface area contributed by atoms with E-state index in [-0.39, 0.29) is 0 Å². The van der Waals surface area contributed by atoms with Gasteiger partial charge in [0.1, 0.15) is 11.5 Å². The van der Waals surface area contributed by atoms with E-state index in [4.69, 9.17) is 4.74 Å². The first kappa shape index (κ1) is 60.4. The number of anilines is 3. The van der Waals surface area contributed by atoms with Crippen LogP contribution in [0.4, 0.5) is 17.1 Å². The van der Waals surface area contributed by atoms with Crippen molar-refractivity contribution in [3.05, 3.63) is 388 Å². The van der Waals surface area contributed by atoms with Crippen LogP contribution < -0.4 is 9.64 Å². The van der Waals surface area contributed by atoms with Crippen LogP contribution in [0.5, 0.6) is 11.5 Å². The molecule has 0 spiro atoms. The first-order valence-electron chi connectivity index (χ1n) is 35.1. The van der Waals surface area contributed by atoms with E-state index in [1.165, 1.54) is 155 Å². The highest BCUT2D eigenvalue weighted by Gasteiger charge is 2.48. The average Bonchev–Trinajstić information content (AvgIpc) is 1.53. The molecule has 96 heavy (non-hydrogen) atoms. The molecule has 16 rings (SSSR count). The van der Waals surface area contributed by atoms with E-state index in [0.717, 1.165) is 47.8 Å². The summed E-state index contributed by atoms with van der Waals surface area (Å²) in [4.78, 5) is 2.50. The Kier molecular flexibility index (Phi) is 16.4. The molecule has 3 aliphatic rings. The number of unbranched alkanes of at least 4 members (excludes halogenated alkanes) is 3. The molecule has 0 N–H and O–H groups in total.